The van der Waals surface area contributed by atoms with Crippen LogP contribution in [0, 0.1) is 0 Å². The third-order valence-electron chi connectivity index (χ3n) is 4.87. The Hall–Kier alpha value is -4.14. The predicted molar refractivity (Wildman–Crippen MR) is 119 cm³/mol. The van der Waals surface area contributed by atoms with Gasteiger partial charge in [0.25, 0.3) is 0 Å². The summed E-state index contributed by atoms with van der Waals surface area (Å²) in [6.45, 7) is 2.01. The highest BCUT2D eigenvalue weighted by Crippen LogP contribution is 2.32. The van der Waals surface area contributed by atoms with E-state index in [-0.39, 0.29) is 12.3 Å². The number of nitrogens with zero attached hydrogens (tertiary/aromatic N) is 3. The van der Waals surface area contributed by atoms with Crippen molar-refractivity contribution in [2.75, 3.05) is 19.5 Å². The molecule has 2 N–H and O–H groups in total. The van der Waals surface area contributed by atoms with Crippen LogP contribution in [0.4, 0.5) is 5.82 Å². The van der Waals surface area contributed by atoms with Crippen LogP contribution in [0.2, 0.25) is 0 Å². The molecule has 4 rings (SSSR count). The summed E-state index contributed by atoms with van der Waals surface area (Å²) in [6, 6.07) is 10.7. The number of anilines is 1. The second-order valence-electron chi connectivity index (χ2n) is 6.98. The van der Waals surface area contributed by atoms with E-state index in [1.165, 1.54) is 0 Å². The number of aromatic amines is 1. The maximum absolute atomic E-state index is 12.4. The number of hydrogen-bond donors (Lipinski definition) is 2. The van der Waals surface area contributed by atoms with Crippen LogP contribution in [-0.2, 0) is 17.6 Å². The lowest BCUT2D eigenvalue weighted by Gasteiger charge is -2.12. The molecule has 1 amide bonds. The van der Waals surface area contributed by atoms with Crippen LogP contribution in [0.3, 0.4) is 0 Å². The van der Waals surface area contributed by atoms with Gasteiger partial charge < -0.3 is 19.5 Å². The van der Waals surface area contributed by atoms with Crippen molar-refractivity contribution in [3.63, 3.8) is 0 Å². The minimum absolute atomic E-state index is 0.136. The lowest BCUT2D eigenvalue weighted by molar-refractivity contribution is -0.115. The van der Waals surface area contributed by atoms with E-state index < -0.39 is 0 Å². The van der Waals surface area contributed by atoms with Gasteiger partial charge >= 0.3 is 0 Å². The standard InChI is InChI=1S/C23H23N5O4/c1-4-15-10-21(28-27-15)26-22(29)9-14-5-6-16(12-20(14)31-3)32-19-7-8-24-18-11-17(30-2)13-25-23(18)19/h5-8,10-13H,4,9H2,1-3H3,(H2,26,27,28,29). The Kier molecular flexibility index (Phi) is 6.16. The third-order valence-corrected chi connectivity index (χ3v) is 4.87. The highest BCUT2D eigenvalue weighted by atomic mass is 16.5. The van der Waals surface area contributed by atoms with Crippen molar-refractivity contribution >= 4 is 22.8 Å². The molecule has 1 aromatic carbocycles. The summed E-state index contributed by atoms with van der Waals surface area (Å²) in [5.74, 6) is 2.57. The molecule has 4 aromatic rings. The van der Waals surface area contributed by atoms with Crippen molar-refractivity contribution in [1.29, 1.82) is 0 Å². The van der Waals surface area contributed by atoms with Crippen molar-refractivity contribution in [1.82, 2.24) is 20.2 Å². The van der Waals surface area contributed by atoms with Crippen molar-refractivity contribution in [3.8, 4) is 23.0 Å². The van der Waals surface area contributed by atoms with E-state index in [0.29, 0.717) is 39.8 Å². The number of nitrogens with one attached hydrogen (secondary N) is 2. The van der Waals surface area contributed by atoms with Crippen molar-refractivity contribution < 1.29 is 19.0 Å². The smallest absolute Gasteiger partial charge is 0.230 e. The first kappa shape index (κ1) is 21.1. The molecular weight excluding hydrogens is 410 g/mol. The Morgan fingerprint density at radius 3 is 2.66 bits per heavy atom. The maximum atomic E-state index is 12.4. The number of benzene rings is 1. The molecule has 0 atom stereocenters. The highest BCUT2D eigenvalue weighted by molar-refractivity contribution is 5.91. The first-order valence-corrected chi connectivity index (χ1v) is 10.1. The number of carbonyl (C=O) groups is 1. The molecule has 0 unspecified atom stereocenters. The van der Waals surface area contributed by atoms with Gasteiger partial charge in [-0.3, -0.25) is 14.9 Å². The van der Waals surface area contributed by atoms with Gasteiger partial charge in [0, 0.05) is 41.7 Å². The van der Waals surface area contributed by atoms with Gasteiger partial charge in [-0.2, -0.15) is 5.10 Å². The second-order valence-corrected chi connectivity index (χ2v) is 6.98. The summed E-state index contributed by atoms with van der Waals surface area (Å²) in [5.41, 5.74) is 2.95. The van der Waals surface area contributed by atoms with E-state index in [1.54, 1.807) is 56.9 Å². The van der Waals surface area contributed by atoms with E-state index >= 15 is 0 Å². The summed E-state index contributed by atoms with van der Waals surface area (Å²) >= 11 is 0. The number of methoxy groups -OCH3 is 2. The van der Waals surface area contributed by atoms with Gasteiger partial charge in [-0.15, -0.1) is 0 Å². The molecule has 0 aliphatic rings. The average Bonchev–Trinajstić information content (AvgIpc) is 3.27. The van der Waals surface area contributed by atoms with Gasteiger partial charge in [0.05, 0.1) is 32.4 Å². The number of aryl methyl sites for hydroxylation is 1. The Morgan fingerprint density at radius 1 is 1.03 bits per heavy atom. The molecule has 0 saturated carbocycles. The molecule has 9 nitrogen and oxygen atoms in total. The normalized spacial score (nSPS) is 10.7. The molecule has 0 radical (unpaired) electrons. The second kappa shape index (κ2) is 9.34. The number of ether oxygens (including phenoxy) is 3. The van der Waals surface area contributed by atoms with Gasteiger partial charge in [-0.25, -0.2) is 4.98 Å². The number of amides is 1. The Bertz CT molecular complexity index is 1250. The first-order chi connectivity index (χ1) is 15.6. The molecule has 3 heterocycles. The molecule has 164 valence electrons. The van der Waals surface area contributed by atoms with Crippen LogP contribution in [0.1, 0.15) is 18.2 Å². The first-order valence-electron chi connectivity index (χ1n) is 10.1. The fourth-order valence-electron chi connectivity index (χ4n) is 3.21. The Morgan fingerprint density at radius 2 is 1.91 bits per heavy atom. The molecule has 0 saturated heterocycles. The number of rotatable bonds is 8. The van der Waals surface area contributed by atoms with Crippen LogP contribution in [0.15, 0.2) is 48.8 Å². The molecule has 3 aromatic heterocycles. The van der Waals surface area contributed by atoms with Gasteiger partial charge in [-0.05, 0) is 12.5 Å². The molecule has 32 heavy (non-hydrogen) atoms. The summed E-state index contributed by atoms with van der Waals surface area (Å²) in [6.07, 6.45) is 4.21. The van der Waals surface area contributed by atoms with E-state index in [4.69, 9.17) is 14.2 Å². The van der Waals surface area contributed by atoms with E-state index in [0.717, 1.165) is 17.7 Å². The zero-order valence-electron chi connectivity index (χ0n) is 18.0. The monoisotopic (exact) mass is 433 g/mol. The fraction of sp³-hybridized carbons (Fsp3) is 0.217. The summed E-state index contributed by atoms with van der Waals surface area (Å²) < 4.78 is 16.7. The van der Waals surface area contributed by atoms with E-state index in [2.05, 4.69) is 25.5 Å². The van der Waals surface area contributed by atoms with Crippen LogP contribution in [-0.4, -0.2) is 40.3 Å². The summed E-state index contributed by atoms with van der Waals surface area (Å²) in [5, 5.41) is 9.74. The zero-order chi connectivity index (χ0) is 22.5. The number of aromatic nitrogens is 4. The molecule has 0 aliphatic carbocycles. The van der Waals surface area contributed by atoms with E-state index in [9.17, 15) is 4.79 Å². The molecular formula is C23H23N5O4. The minimum atomic E-state index is -0.190. The number of pyridine rings is 2. The zero-order valence-corrected chi connectivity index (χ0v) is 18.0. The third kappa shape index (κ3) is 4.61. The van der Waals surface area contributed by atoms with Crippen molar-refractivity contribution in [2.45, 2.75) is 19.8 Å². The van der Waals surface area contributed by atoms with Crippen LogP contribution >= 0.6 is 0 Å². The van der Waals surface area contributed by atoms with Gasteiger partial charge in [0.1, 0.15) is 22.8 Å². The highest BCUT2D eigenvalue weighted by Gasteiger charge is 2.13. The predicted octanol–water partition coefficient (Wildman–Crippen LogP) is 3.91. The average molecular weight is 433 g/mol. The minimum Gasteiger partial charge on any atom is -0.496 e. The van der Waals surface area contributed by atoms with Gasteiger partial charge in [0.15, 0.2) is 11.6 Å². The van der Waals surface area contributed by atoms with E-state index in [1.807, 2.05) is 13.0 Å². The summed E-state index contributed by atoms with van der Waals surface area (Å²) in [7, 11) is 3.13. The number of carbonyl (C=O) groups excluding carboxylic acids is 1. The number of hydrogen-bond acceptors (Lipinski definition) is 7. The number of fused-ring (bicyclic) bond motifs is 1. The van der Waals surface area contributed by atoms with Crippen molar-refractivity contribution in [2.24, 2.45) is 0 Å². The van der Waals surface area contributed by atoms with Crippen LogP contribution < -0.4 is 19.5 Å². The quantitative estimate of drug-likeness (QED) is 0.433. The molecule has 0 fully saturated rings. The Labute approximate surface area is 184 Å². The lowest BCUT2D eigenvalue weighted by Crippen LogP contribution is -2.15. The molecule has 9 heteroatoms. The Balaban J connectivity index is 1.51. The molecule has 0 spiro atoms. The van der Waals surface area contributed by atoms with Crippen LogP contribution in [0.25, 0.3) is 11.0 Å². The topological polar surface area (TPSA) is 111 Å². The fourth-order valence-corrected chi connectivity index (χ4v) is 3.21. The molecule has 0 bridgehead atoms. The lowest BCUT2D eigenvalue weighted by atomic mass is 10.1. The van der Waals surface area contributed by atoms with Crippen LogP contribution in [0.5, 0.6) is 23.0 Å². The number of H-pyrrole nitrogens is 1. The largest absolute Gasteiger partial charge is 0.496 e. The van der Waals surface area contributed by atoms with Crippen molar-refractivity contribution in [3.05, 3.63) is 60.0 Å². The SMILES string of the molecule is CCc1cc(NC(=O)Cc2ccc(Oc3ccnc4cc(OC)cnc34)cc2OC)n[nH]1. The molecule has 0 aliphatic heterocycles. The maximum Gasteiger partial charge on any atom is 0.230 e. The summed E-state index contributed by atoms with van der Waals surface area (Å²) in [4.78, 5) is 21.2. The van der Waals surface area contributed by atoms with Gasteiger partial charge in [-0.1, -0.05) is 13.0 Å². The van der Waals surface area contributed by atoms with Gasteiger partial charge in [0.2, 0.25) is 5.91 Å².